The van der Waals surface area contributed by atoms with Crippen molar-refractivity contribution in [1.29, 1.82) is 0 Å². The van der Waals surface area contributed by atoms with Crippen LogP contribution in [0.1, 0.15) is 12.0 Å². The van der Waals surface area contributed by atoms with E-state index in [-0.39, 0.29) is 32.9 Å². The van der Waals surface area contributed by atoms with Crippen molar-refractivity contribution >= 4 is 63.9 Å². The number of rotatable bonds is 5. The molecular formula is C12H8Cl2N4O5S. The van der Waals surface area contributed by atoms with Crippen molar-refractivity contribution < 1.29 is 19.6 Å². The predicted molar refractivity (Wildman–Crippen MR) is 89.9 cm³/mol. The molecule has 9 nitrogen and oxygen atoms in total. The van der Waals surface area contributed by atoms with Crippen molar-refractivity contribution in [3.05, 3.63) is 37.9 Å². The molecule has 0 aromatic heterocycles. The molecule has 1 aliphatic heterocycles. The van der Waals surface area contributed by atoms with Crippen LogP contribution in [0.5, 0.6) is 0 Å². The van der Waals surface area contributed by atoms with Gasteiger partial charge in [-0.2, -0.15) is 5.10 Å². The van der Waals surface area contributed by atoms with Crippen LogP contribution in [0.25, 0.3) is 0 Å². The highest BCUT2D eigenvalue weighted by Crippen LogP contribution is 2.32. The minimum absolute atomic E-state index is 0.105. The maximum absolute atomic E-state index is 11.5. The van der Waals surface area contributed by atoms with E-state index in [0.717, 1.165) is 24.0 Å². The van der Waals surface area contributed by atoms with E-state index in [9.17, 15) is 19.7 Å². The van der Waals surface area contributed by atoms with E-state index in [2.05, 4.69) is 15.5 Å². The molecule has 0 radical (unpaired) electrons. The number of amides is 1. The standard InChI is InChI=1S/C12H8Cl2N4O5S/c13-6-1-2-7(18(22)23)10(14)5(6)4-15-17-12-16-11(21)8(24-12)3-9(19)20/h1-2,4,8H,3H2,(H,19,20)(H,16,17,21). The highest BCUT2D eigenvalue weighted by molar-refractivity contribution is 8.15. The topological polar surface area (TPSA) is 134 Å². The first-order chi connectivity index (χ1) is 11.3. The molecule has 1 amide bonds. The molecule has 0 aliphatic carbocycles. The van der Waals surface area contributed by atoms with Crippen LogP contribution in [0.4, 0.5) is 5.69 Å². The van der Waals surface area contributed by atoms with Gasteiger partial charge in [-0.25, -0.2) is 0 Å². The molecule has 1 aliphatic rings. The van der Waals surface area contributed by atoms with Crippen LogP contribution in [0.3, 0.4) is 0 Å². The Kier molecular flexibility index (Phi) is 5.75. The Morgan fingerprint density at radius 3 is 2.83 bits per heavy atom. The number of carbonyl (C=O) groups excluding carboxylic acids is 1. The Balaban J connectivity index is 2.18. The Labute approximate surface area is 148 Å². The number of nitrogens with one attached hydrogen (secondary N) is 1. The second-order valence-electron chi connectivity index (χ2n) is 4.39. The van der Waals surface area contributed by atoms with Gasteiger partial charge in [0.25, 0.3) is 5.69 Å². The second kappa shape index (κ2) is 7.60. The van der Waals surface area contributed by atoms with Crippen molar-refractivity contribution in [2.75, 3.05) is 0 Å². The number of hydrogen-bond donors (Lipinski definition) is 2. The number of nitro groups is 1. The first-order valence-corrected chi connectivity index (χ1v) is 7.86. The number of halogens is 2. The Morgan fingerprint density at radius 1 is 1.50 bits per heavy atom. The summed E-state index contributed by atoms with van der Waals surface area (Å²) in [6.45, 7) is 0. The summed E-state index contributed by atoms with van der Waals surface area (Å²) in [5, 5.41) is 28.6. The van der Waals surface area contributed by atoms with Crippen LogP contribution < -0.4 is 5.32 Å². The molecule has 12 heteroatoms. The third-order valence-corrected chi connectivity index (χ3v) is 4.57. The van der Waals surface area contributed by atoms with Crippen molar-refractivity contribution in [2.45, 2.75) is 11.7 Å². The first kappa shape index (κ1) is 18.2. The summed E-state index contributed by atoms with van der Waals surface area (Å²) in [5.41, 5.74) is -0.228. The van der Waals surface area contributed by atoms with Gasteiger partial charge < -0.3 is 10.4 Å². The third kappa shape index (κ3) is 4.22. The van der Waals surface area contributed by atoms with Crippen molar-refractivity contribution in [1.82, 2.24) is 5.32 Å². The number of aliphatic carboxylic acids is 1. The van der Waals surface area contributed by atoms with E-state index in [1.165, 1.54) is 6.07 Å². The SMILES string of the molecule is O=C(O)CC1SC(=NN=Cc2c(Cl)ccc([N+](=O)[O-])c2Cl)NC1=O. The molecule has 0 spiro atoms. The zero-order valence-electron chi connectivity index (χ0n) is 11.6. The normalized spacial score (nSPS) is 19.0. The van der Waals surface area contributed by atoms with Crippen LogP contribution in [-0.4, -0.2) is 38.5 Å². The van der Waals surface area contributed by atoms with Gasteiger partial charge in [-0.15, -0.1) is 5.10 Å². The van der Waals surface area contributed by atoms with E-state index in [1.54, 1.807) is 0 Å². The summed E-state index contributed by atoms with van der Waals surface area (Å²) >= 11 is 12.7. The number of hydrogen-bond acceptors (Lipinski definition) is 7. The molecule has 1 unspecified atom stereocenters. The number of carboxylic acids is 1. The average molecular weight is 391 g/mol. The van der Waals surface area contributed by atoms with Gasteiger partial charge >= 0.3 is 5.97 Å². The molecule has 24 heavy (non-hydrogen) atoms. The molecule has 2 N–H and O–H groups in total. The lowest BCUT2D eigenvalue weighted by atomic mass is 10.2. The van der Waals surface area contributed by atoms with Crippen LogP contribution in [0.2, 0.25) is 10.0 Å². The minimum Gasteiger partial charge on any atom is -0.481 e. The van der Waals surface area contributed by atoms with Gasteiger partial charge in [-0.3, -0.25) is 19.7 Å². The maximum Gasteiger partial charge on any atom is 0.305 e. The molecule has 1 heterocycles. The predicted octanol–water partition coefficient (Wildman–Crippen LogP) is 2.30. The average Bonchev–Trinajstić information content (AvgIpc) is 2.81. The van der Waals surface area contributed by atoms with Crippen molar-refractivity contribution in [2.24, 2.45) is 10.2 Å². The van der Waals surface area contributed by atoms with Gasteiger partial charge in [-0.05, 0) is 6.07 Å². The Hall–Kier alpha value is -2.17. The number of nitro benzene ring substituents is 1. The lowest BCUT2D eigenvalue weighted by Gasteiger charge is -2.01. The molecule has 1 saturated heterocycles. The quantitative estimate of drug-likeness (QED) is 0.449. The maximum atomic E-state index is 11.5. The van der Waals surface area contributed by atoms with Gasteiger partial charge in [-0.1, -0.05) is 35.0 Å². The number of benzene rings is 1. The lowest BCUT2D eigenvalue weighted by Crippen LogP contribution is -2.26. The molecule has 126 valence electrons. The van der Waals surface area contributed by atoms with Crippen LogP contribution in [0, 0.1) is 10.1 Å². The molecule has 1 aromatic carbocycles. The number of thioether (sulfide) groups is 1. The van der Waals surface area contributed by atoms with Gasteiger partial charge in [0, 0.05) is 11.6 Å². The van der Waals surface area contributed by atoms with E-state index < -0.39 is 22.0 Å². The summed E-state index contributed by atoms with van der Waals surface area (Å²) in [6.07, 6.45) is 0.768. The fraction of sp³-hybridized carbons (Fsp3) is 0.167. The summed E-state index contributed by atoms with van der Waals surface area (Å²) in [5.74, 6) is -1.59. The number of amidine groups is 1. The van der Waals surface area contributed by atoms with Gasteiger partial charge in [0.1, 0.15) is 10.3 Å². The zero-order chi connectivity index (χ0) is 17.9. The van der Waals surface area contributed by atoms with E-state index in [0.29, 0.717) is 0 Å². The molecular weight excluding hydrogens is 383 g/mol. The smallest absolute Gasteiger partial charge is 0.305 e. The Bertz CT molecular complexity index is 783. The monoisotopic (exact) mass is 390 g/mol. The van der Waals surface area contributed by atoms with E-state index in [1.807, 2.05) is 0 Å². The first-order valence-electron chi connectivity index (χ1n) is 6.22. The van der Waals surface area contributed by atoms with Crippen LogP contribution in [0.15, 0.2) is 22.3 Å². The van der Waals surface area contributed by atoms with Crippen LogP contribution >= 0.6 is 35.0 Å². The largest absolute Gasteiger partial charge is 0.481 e. The van der Waals surface area contributed by atoms with Gasteiger partial charge in [0.15, 0.2) is 5.17 Å². The Morgan fingerprint density at radius 2 is 2.21 bits per heavy atom. The van der Waals surface area contributed by atoms with Crippen LogP contribution in [-0.2, 0) is 9.59 Å². The summed E-state index contributed by atoms with van der Waals surface area (Å²) in [7, 11) is 0. The lowest BCUT2D eigenvalue weighted by molar-refractivity contribution is -0.384. The molecule has 1 atom stereocenters. The molecule has 1 aromatic rings. The van der Waals surface area contributed by atoms with E-state index >= 15 is 0 Å². The minimum atomic E-state index is -1.11. The molecule has 2 rings (SSSR count). The molecule has 1 fully saturated rings. The second-order valence-corrected chi connectivity index (χ2v) is 6.37. The number of carbonyl (C=O) groups is 2. The summed E-state index contributed by atoms with van der Waals surface area (Å²) < 4.78 is 0. The zero-order valence-corrected chi connectivity index (χ0v) is 13.9. The third-order valence-electron chi connectivity index (χ3n) is 2.77. The fourth-order valence-electron chi connectivity index (χ4n) is 1.70. The number of nitrogens with zero attached hydrogens (tertiary/aromatic N) is 3. The molecule has 0 saturated carbocycles. The van der Waals surface area contributed by atoms with Crippen molar-refractivity contribution in [3.63, 3.8) is 0 Å². The van der Waals surface area contributed by atoms with Crippen molar-refractivity contribution in [3.8, 4) is 0 Å². The van der Waals surface area contributed by atoms with E-state index in [4.69, 9.17) is 28.3 Å². The van der Waals surface area contributed by atoms with Gasteiger partial charge in [0.05, 0.1) is 22.6 Å². The highest BCUT2D eigenvalue weighted by Gasteiger charge is 2.32. The van der Waals surface area contributed by atoms with Gasteiger partial charge in [0.2, 0.25) is 5.91 Å². The molecule has 0 bridgehead atoms. The summed E-state index contributed by atoms with van der Waals surface area (Å²) in [4.78, 5) is 32.3. The fourth-order valence-corrected chi connectivity index (χ4v) is 3.15. The summed E-state index contributed by atoms with van der Waals surface area (Å²) in [6, 6.07) is 2.46. The highest BCUT2D eigenvalue weighted by atomic mass is 35.5. The number of carboxylic acid groups (broad SMARTS) is 1.